The molecule has 2 aromatic heterocycles. The zero-order chi connectivity index (χ0) is 12.4. The second-order valence-electron chi connectivity index (χ2n) is 3.81. The van der Waals surface area contributed by atoms with E-state index in [2.05, 4.69) is 23.1 Å². The van der Waals surface area contributed by atoms with Crippen LogP contribution in [0.4, 0.5) is 5.13 Å². The standard InChI is InChI=1S/C11H16N4S2/c1-4-15-9(5-7(2)14-15)6-16-10-8(3)13-11(12)17-10/h5H,4,6H2,1-3H3,(H2,12,13). The van der Waals surface area contributed by atoms with Crippen LogP contribution in [0.2, 0.25) is 0 Å². The van der Waals surface area contributed by atoms with Crippen molar-refractivity contribution in [3.05, 3.63) is 23.1 Å². The molecule has 0 saturated heterocycles. The summed E-state index contributed by atoms with van der Waals surface area (Å²) in [5, 5.41) is 5.08. The monoisotopic (exact) mass is 268 g/mol. The first-order chi connectivity index (χ1) is 8.10. The van der Waals surface area contributed by atoms with Gasteiger partial charge in [-0.3, -0.25) is 4.68 Å². The molecule has 4 nitrogen and oxygen atoms in total. The number of anilines is 1. The van der Waals surface area contributed by atoms with Crippen molar-refractivity contribution in [1.29, 1.82) is 0 Å². The number of nitrogens with two attached hydrogens (primary N) is 1. The fraction of sp³-hybridized carbons (Fsp3) is 0.455. The molecule has 0 saturated carbocycles. The second kappa shape index (κ2) is 5.10. The van der Waals surface area contributed by atoms with E-state index < -0.39 is 0 Å². The number of nitrogen functional groups attached to an aromatic ring is 1. The van der Waals surface area contributed by atoms with E-state index in [0.717, 1.165) is 23.7 Å². The van der Waals surface area contributed by atoms with E-state index in [-0.39, 0.29) is 0 Å². The number of hydrogen-bond acceptors (Lipinski definition) is 5. The minimum atomic E-state index is 0.644. The molecule has 2 rings (SSSR count). The molecule has 0 unspecified atom stereocenters. The molecule has 0 bridgehead atoms. The van der Waals surface area contributed by atoms with Crippen LogP contribution in [-0.4, -0.2) is 14.8 Å². The minimum Gasteiger partial charge on any atom is -0.375 e. The molecule has 0 aliphatic heterocycles. The zero-order valence-corrected chi connectivity index (χ0v) is 11.9. The van der Waals surface area contributed by atoms with E-state index in [0.29, 0.717) is 5.13 Å². The molecule has 17 heavy (non-hydrogen) atoms. The van der Waals surface area contributed by atoms with Crippen LogP contribution in [0.3, 0.4) is 0 Å². The van der Waals surface area contributed by atoms with Crippen molar-refractivity contribution >= 4 is 28.2 Å². The van der Waals surface area contributed by atoms with Crippen LogP contribution in [0.5, 0.6) is 0 Å². The predicted octanol–water partition coefficient (Wildman–Crippen LogP) is 2.85. The molecule has 0 amide bonds. The molecule has 6 heteroatoms. The van der Waals surface area contributed by atoms with Crippen LogP contribution in [0.1, 0.15) is 24.0 Å². The van der Waals surface area contributed by atoms with Gasteiger partial charge in [-0.25, -0.2) is 4.98 Å². The van der Waals surface area contributed by atoms with Crippen molar-refractivity contribution < 1.29 is 0 Å². The Bertz CT molecular complexity index is 516. The van der Waals surface area contributed by atoms with Gasteiger partial charge in [-0.2, -0.15) is 5.10 Å². The van der Waals surface area contributed by atoms with Crippen LogP contribution in [-0.2, 0) is 12.3 Å². The van der Waals surface area contributed by atoms with Crippen molar-refractivity contribution in [2.75, 3.05) is 5.73 Å². The van der Waals surface area contributed by atoms with Crippen molar-refractivity contribution in [2.24, 2.45) is 0 Å². The van der Waals surface area contributed by atoms with Gasteiger partial charge < -0.3 is 5.73 Å². The summed E-state index contributed by atoms with van der Waals surface area (Å²) >= 11 is 3.33. The molecule has 0 fully saturated rings. The Morgan fingerprint density at radius 2 is 2.24 bits per heavy atom. The highest BCUT2D eigenvalue weighted by molar-refractivity contribution is 8.00. The Balaban J connectivity index is 2.09. The molecule has 0 spiro atoms. The molecule has 2 aromatic rings. The summed E-state index contributed by atoms with van der Waals surface area (Å²) in [6.45, 7) is 7.04. The average Bonchev–Trinajstić information content (AvgIpc) is 2.78. The van der Waals surface area contributed by atoms with E-state index in [1.807, 2.05) is 18.5 Å². The average molecular weight is 268 g/mol. The molecule has 0 atom stereocenters. The smallest absolute Gasteiger partial charge is 0.181 e. The number of thioether (sulfide) groups is 1. The lowest BCUT2D eigenvalue weighted by atomic mass is 10.4. The van der Waals surface area contributed by atoms with Gasteiger partial charge in [-0.1, -0.05) is 11.3 Å². The molecule has 92 valence electrons. The highest BCUT2D eigenvalue weighted by atomic mass is 32.2. The van der Waals surface area contributed by atoms with Crippen LogP contribution in [0.15, 0.2) is 10.3 Å². The maximum atomic E-state index is 5.69. The minimum absolute atomic E-state index is 0.644. The normalized spacial score (nSPS) is 11.0. The summed E-state index contributed by atoms with van der Waals surface area (Å²) in [5.41, 5.74) is 9.03. The summed E-state index contributed by atoms with van der Waals surface area (Å²) in [6.07, 6.45) is 0. The van der Waals surface area contributed by atoms with Crippen LogP contribution < -0.4 is 5.73 Å². The number of thiazole rings is 1. The van der Waals surface area contributed by atoms with Gasteiger partial charge in [0.15, 0.2) is 5.13 Å². The Labute approximate surface area is 109 Å². The molecular formula is C11H16N4S2. The van der Waals surface area contributed by atoms with Crippen LogP contribution in [0, 0.1) is 13.8 Å². The second-order valence-corrected chi connectivity index (χ2v) is 6.08. The summed E-state index contributed by atoms with van der Waals surface area (Å²) in [4.78, 5) is 4.22. The molecule has 2 N–H and O–H groups in total. The quantitative estimate of drug-likeness (QED) is 0.866. The van der Waals surface area contributed by atoms with E-state index in [1.54, 1.807) is 23.1 Å². The molecular weight excluding hydrogens is 252 g/mol. The summed E-state index contributed by atoms with van der Waals surface area (Å²) in [6, 6.07) is 2.14. The van der Waals surface area contributed by atoms with Gasteiger partial charge in [-0.05, 0) is 26.8 Å². The maximum Gasteiger partial charge on any atom is 0.181 e. The molecule has 2 heterocycles. The highest BCUT2D eigenvalue weighted by Gasteiger charge is 2.09. The Morgan fingerprint density at radius 1 is 1.47 bits per heavy atom. The maximum absolute atomic E-state index is 5.69. The van der Waals surface area contributed by atoms with Crippen molar-refractivity contribution in [1.82, 2.24) is 14.8 Å². The number of nitrogens with zero attached hydrogens (tertiary/aromatic N) is 3. The lowest BCUT2D eigenvalue weighted by Crippen LogP contribution is -2.01. The van der Waals surface area contributed by atoms with Gasteiger partial charge in [0, 0.05) is 18.0 Å². The Morgan fingerprint density at radius 3 is 2.82 bits per heavy atom. The SMILES string of the molecule is CCn1nc(C)cc1CSc1sc(N)nc1C. The van der Waals surface area contributed by atoms with E-state index >= 15 is 0 Å². The zero-order valence-electron chi connectivity index (χ0n) is 10.2. The third kappa shape index (κ3) is 2.81. The van der Waals surface area contributed by atoms with Crippen LogP contribution >= 0.6 is 23.1 Å². The number of aromatic nitrogens is 3. The van der Waals surface area contributed by atoms with Gasteiger partial charge in [0.2, 0.25) is 0 Å². The molecule has 0 aliphatic rings. The Kier molecular flexibility index (Phi) is 3.73. The van der Waals surface area contributed by atoms with Gasteiger partial charge in [0.1, 0.15) is 0 Å². The van der Waals surface area contributed by atoms with Crippen molar-refractivity contribution in [3.8, 4) is 0 Å². The van der Waals surface area contributed by atoms with Gasteiger partial charge in [0.25, 0.3) is 0 Å². The lowest BCUT2D eigenvalue weighted by Gasteiger charge is -2.03. The summed E-state index contributed by atoms with van der Waals surface area (Å²) in [7, 11) is 0. The molecule has 0 radical (unpaired) electrons. The van der Waals surface area contributed by atoms with E-state index in [4.69, 9.17) is 5.73 Å². The number of rotatable bonds is 4. The number of hydrogen-bond donors (Lipinski definition) is 1. The summed E-state index contributed by atoms with van der Waals surface area (Å²) < 4.78 is 3.24. The highest BCUT2D eigenvalue weighted by Crippen LogP contribution is 2.32. The van der Waals surface area contributed by atoms with Gasteiger partial charge in [0.05, 0.1) is 15.6 Å². The Hall–Kier alpha value is -1.01. The van der Waals surface area contributed by atoms with Gasteiger partial charge >= 0.3 is 0 Å². The predicted molar refractivity (Wildman–Crippen MR) is 73.5 cm³/mol. The largest absolute Gasteiger partial charge is 0.375 e. The van der Waals surface area contributed by atoms with Crippen LogP contribution in [0.25, 0.3) is 0 Å². The summed E-state index contributed by atoms with van der Waals surface area (Å²) in [5.74, 6) is 0.914. The van der Waals surface area contributed by atoms with Gasteiger partial charge in [-0.15, -0.1) is 11.8 Å². The topological polar surface area (TPSA) is 56.7 Å². The van der Waals surface area contributed by atoms with E-state index in [9.17, 15) is 0 Å². The fourth-order valence-corrected chi connectivity index (χ4v) is 3.67. The fourth-order valence-electron chi connectivity index (χ4n) is 1.67. The molecule has 0 aromatic carbocycles. The first-order valence-corrected chi connectivity index (χ1v) is 7.29. The first kappa shape index (κ1) is 12.4. The number of aryl methyl sites for hydroxylation is 3. The third-order valence-corrected chi connectivity index (χ3v) is 4.79. The van der Waals surface area contributed by atoms with Crippen molar-refractivity contribution in [3.63, 3.8) is 0 Å². The molecule has 0 aliphatic carbocycles. The third-order valence-electron chi connectivity index (χ3n) is 2.41. The lowest BCUT2D eigenvalue weighted by molar-refractivity contribution is 0.632. The van der Waals surface area contributed by atoms with E-state index in [1.165, 1.54) is 9.90 Å². The van der Waals surface area contributed by atoms with Crippen molar-refractivity contribution in [2.45, 2.75) is 37.3 Å². The first-order valence-electron chi connectivity index (χ1n) is 5.49.